The smallest absolute Gasteiger partial charge is 0.267 e. The average Bonchev–Trinajstić information content (AvgIpc) is 2.80. The molecule has 1 fully saturated rings. The summed E-state index contributed by atoms with van der Waals surface area (Å²) in [6.07, 6.45) is 0.521. The van der Waals surface area contributed by atoms with Crippen molar-refractivity contribution in [3.8, 4) is 0 Å². The zero-order valence-electron chi connectivity index (χ0n) is 12.1. The van der Waals surface area contributed by atoms with Gasteiger partial charge in [0, 0.05) is 19.5 Å². The molecule has 0 unspecified atom stereocenters. The van der Waals surface area contributed by atoms with Crippen LogP contribution in [0.2, 0.25) is 0 Å². The molecule has 0 aromatic heterocycles. The number of rotatable bonds is 3. The van der Waals surface area contributed by atoms with E-state index in [1.165, 1.54) is 4.90 Å². The molecule has 1 aromatic rings. The molecule has 1 saturated heterocycles. The molecule has 0 amide bonds. The van der Waals surface area contributed by atoms with E-state index in [-0.39, 0.29) is 37.3 Å². The normalized spacial score (nSPS) is 18.2. The molecule has 5 nitrogen and oxygen atoms in total. The van der Waals surface area contributed by atoms with Crippen LogP contribution in [-0.4, -0.2) is 42.4 Å². The van der Waals surface area contributed by atoms with E-state index < -0.39 is 12.5 Å². The van der Waals surface area contributed by atoms with Crippen molar-refractivity contribution in [2.75, 3.05) is 19.6 Å². The number of hydrogen-bond donors (Lipinski definition) is 2. The third kappa shape index (κ3) is 5.48. The molecule has 8 heteroatoms. The lowest BCUT2D eigenvalue weighted by Gasteiger charge is -2.16. The Labute approximate surface area is 134 Å². The zero-order valence-corrected chi connectivity index (χ0v) is 12.9. The molecule has 4 N–H and O–H groups in total. The Bertz CT molecular complexity index is 533. The van der Waals surface area contributed by atoms with Gasteiger partial charge in [-0.2, -0.15) is 4.99 Å². The minimum Gasteiger partial charge on any atom is -0.369 e. The molecule has 1 heterocycles. The monoisotopic (exact) mass is 331 g/mol. The van der Waals surface area contributed by atoms with Crippen LogP contribution in [0.15, 0.2) is 40.3 Å². The Morgan fingerprint density at radius 1 is 1.23 bits per heavy atom. The van der Waals surface area contributed by atoms with Gasteiger partial charge in [0.2, 0.25) is 5.96 Å². The zero-order chi connectivity index (χ0) is 15.3. The van der Waals surface area contributed by atoms with Crippen molar-refractivity contribution < 1.29 is 8.78 Å². The molecule has 1 aliphatic rings. The first-order valence-electron chi connectivity index (χ1n) is 6.77. The summed E-state index contributed by atoms with van der Waals surface area (Å²) >= 11 is 0. The molecule has 0 aliphatic carbocycles. The highest BCUT2D eigenvalue weighted by atomic mass is 35.5. The van der Waals surface area contributed by atoms with Crippen LogP contribution in [0.3, 0.4) is 0 Å². The lowest BCUT2D eigenvalue weighted by atomic mass is 10.2. The Morgan fingerprint density at radius 3 is 2.50 bits per heavy atom. The number of nitrogens with zero attached hydrogens (tertiary/aromatic N) is 3. The summed E-state index contributed by atoms with van der Waals surface area (Å²) in [5, 5.41) is 0. The first kappa shape index (κ1) is 18.2. The van der Waals surface area contributed by atoms with Crippen molar-refractivity contribution in [2.45, 2.75) is 18.8 Å². The van der Waals surface area contributed by atoms with E-state index in [1.807, 2.05) is 30.3 Å². The van der Waals surface area contributed by atoms with Gasteiger partial charge in [0.1, 0.15) is 0 Å². The predicted molar refractivity (Wildman–Crippen MR) is 86.6 cm³/mol. The van der Waals surface area contributed by atoms with Crippen molar-refractivity contribution in [1.29, 1.82) is 0 Å². The van der Waals surface area contributed by atoms with Crippen LogP contribution in [0.1, 0.15) is 12.0 Å². The molecular weight excluding hydrogens is 312 g/mol. The van der Waals surface area contributed by atoms with Gasteiger partial charge in [0.25, 0.3) is 5.92 Å². The molecule has 2 rings (SSSR count). The van der Waals surface area contributed by atoms with Crippen LogP contribution in [0.25, 0.3) is 0 Å². The highest BCUT2D eigenvalue weighted by molar-refractivity contribution is 5.93. The summed E-state index contributed by atoms with van der Waals surface area (Å²) in [4.78, 5) is 9.27. The Balaban J connectivity index is 0.00000242. The second-order valence-electron chi connectivity index (χ2n) is 4.97. The minimum atomic E-state index is -2.71. The number of guanidine groups is 2. The molecule has 122 valence electrons. The molecular formula is C14H20ClF2N5. The second-order valence-corrected chi connectivity index (χ2v) is 4.97. The van der Waals surface area contributed by atoms with E-state index in [1.54, 1.807) is 0 Å². The van der Waals surface area contributed by atoms with Crippen molar-refractivity contribution in [1.82, 2.24) is 4.90 Å². The molecule has 0 saturated carbocycles. The maximum atomic E-state index is 13.1. The van der Waals surface area contributed by atoms with Gasteiger partial charge < -0.3 is 16.4 Å². The van der Waals surface area contributed by atoms with Crippen LogP contribution in [-0.2, 0) is 6.42 Å². The highest BCUT2D eigenvalue weighted by Crippen LogP contribution is 2.26. The van der Waals surface area contributed by atoms with E-state index in [9.17, 15) is 8.78 Å². The molecule has 1 aromatic carbocycles. The number of nitrogens with two attached hydrogens (primary N) is 2. The number of alkyl halides is 2. The predicted octanol–water partition coefficient (Wildman–Crippen LogP) is 1.62. The SMILES string of the molecule is Cl.NC(=NCCc1ccccc1)N=C(N)N1CCC(F)(F)C1. The van der Waals surface area contributed by atoms with Crippen LogP contribution < -0.4 is 11.5 Å². The Morgan fingerprint density at radius 2 is 1.91 bits per heavy atom. The molecule has 0 bridgehead atoms. The molecule has 0 spiro atoms. The van der Waals surface area contributed by atoms with Gasteiger partial charge in [-0.1, -0.05) is 30.3 Å². The van der Waals surface area contributed by atoms with E-state index in [0.717, 1.165) is 12.0 Å². The third-order valence-electron chi connectivity index (χ3n) is 3.24. The fraction of sp³-hybridized carbons (Fsp3) is 0.429. The lowest BCUT2D eigenvalue weighted by molar-refractivity contribution is 0.0175. The summed E-state index contributed by atoms with van der Waals surface area (Å²) in [6, 6.07) is 9.83. The molecule has 22 heavy (non-hydrogen) atoms. The van der Waals surface area contributed by atoms with Gasteiger partial charge in [0.15, 0.2) is 5.96 Å². The minimum absolute atomic E-state index is 0. The summed E-state index contributed by atoms with van der Waals surface area (Å²) in [5.74, 6) is -2.70. The average molecular weight is 332 g/mol. The van der Waals surface area contributed by atoms with Gasteiger partial charge in [-0.15, -0.1) is 12.4 Å². The van der Waals surface area contributed by atoms with Gasteiger partial charge in [0.05, 0.1) is 6.54 Å². The fourth-order valence-corrected chi connectivity index (χ4v) is 2.10. The molecule has 1 aliphatic heterocycles. The Hall–Kier alpha value is -1.89. The molecule has 0 radical (unpaired) electrons. The van der Waals surface area contributed by atoms with E-state index >= 15 is 0 Å². The van der Waals surface area contributed by atoms with Crippen molar-refractivity contribution in [3.63, 3.8) is 0 Å². The van der Waals surface area contributed by atoms with Gasteiger partial charge in [-0.25, -0.2) is 8.78 Å². The standard InChI is InChI=1S/C14H19F2N5.ClH/c15-14(16)7-9-21(10-14)13(18)20-12(17)19-8-6-11-4-2-1-3-5-11;/h1-5H,6-10H2,(H4,17,18,19,20);1H. The van der Waals surface area contributed by atoms with E-state index in [4.69, 9.17) is 11.5 Å². The van der Waals surface area contributed by atoms with Crippen LogP contribution in [0.5, 0.6) is 0 Å². The second kappa shape index (κ2) is 7.93. The van der Waals surface area contributed by atoms with Gasteiger partial charge in [-0.3, -0.25) is 4.99 Å². The topological polar surface area (TPSA) is 80.0 Å². The maximum Gasteiger partial charge on any atom is 0.267 e. The summed E-state index contributed by atoms with van der Waals surface area (Å²) < 4.78 is 26.1. The first-order chi connectivity index (χ1) is 9.96. The Kier molecular flexibility index (Phi) is 6.55. The fourth-order valence-electron chi connectivity index (χ4n) is 2.10. The van der Waals surface area contributed by atoms with Crippen molar-refractivity contribution in [3.05, 3.63) is 35.9 Å². The molecule has 0 atom stereocenters. The number of benzene rings is 1. The van der Waals surface area contributed by atoms with Crippen molar-refractivity contribution in [2.24, 2.45) is 21.5 Å². The largest absolute Gasteiger partial charge is 0.369 e. The number of aliphatic imine (C=N–C) groups is 2. The van der Waals surface area contributed by atoms with Crippen molar-refractivity contribution >= 4 is 24.3 Å². The third-order valence-corrected chi connectivity index (χ3v) is 3.24. The quantitative estimate of drug-likeness (QED) is 0.652. The van der Waals surface area contributed by atoms with E-state index in [0.29, 0.717) is 6.54 Å². The van der Waals surface area contributed by atoms with Gasteiger partial charge >= 0.3 is 0 Å². The van der Waals surface area contributed by atoms with Crippen LogP contribution >= 0.6 is 12.4 Å². The number of halogens is 3. The summed E-state index contributed by atoms with van der Waals surface area (Å²) in [6.45, 7) is 0.238. The van der Waals surface area contributed by atoms with Gasteiger partial charge in [-0.05, 0) is 12.0 Å². The lowest BCUT2D eigenvalue weighted by Crippen LogP contribution is -2.38. The summed E-state index contributed by atoms with van der Waals surface area (Å²) in [7, 11) is 0. The van der Waals surface area contributed by atoms with E-state index in [2.05, 4.69) is 9.98 Å². The number of likely N-dealkylation sites (tertiary alicyclic amines) is 1. The first-order valence-corrected chi connectivity index (χ1v) is 6.77. The maximum absolute atomic E-state index is 13.1. The highest BCUT2D eigenvalue weighted by Gasteiger charge is 2.39. The van der Waals surface area contributed by atoms with Crippen LogP contribution in [0, 0.1) is 0 Å². The summed E-state index contributed by atoms with van der Waals surface area (Å²) in [5.41, 5.74) is 12.5. The van der Waals surface area contributed by atoms with Crippen LogP contribution in [0.4, 0.5) is 8.78 Å². The number of hydrogen-bond acceptors (Lipinski definition) is 1.